The molecule has 0 radical (unpaired) electrons. The Kier molecular flexibility index (Phi) is 6.85. The van der Waals surface area contributed by atoms with Crippen molar-refractivity contribution >= 4 is 28.3 Å². The summed E-state index contributed by atoms with van der Waals surface area (Å²) in [5.74, 6) is 1.22. The van der Waals surface area contributed by atoms with E-state index in [4.69, 9.17) is 15.2 Å². The van der Waals surface area contributed by atoms with Crippen molar-refractivity contribution in [2.45, 2.75) is 19.1 Å². The van der Waals surface area contributed by atoms with Crippen molar-refractivity contribution < 1.29 is 14.6 Å². The van der Waals surface area contributed by atoms with Gasteiger partial charge < -0.3 is 20.3 Å². The molecule has 1 aromatic carbocycles. The lowest BCUT2D eigenvalue weighted by Crippen LogP contribution is -2.24. The van der Waals surface area contributed by atoms with E-state index in [9.17, 15) is 5.11 Å². The summed E-state index contributed by atoms with van der Waals surface area (Å²) < 4.78 is 11.1. The molecule has 0 unspecified atom stereocenters. The van der Waals surface area contributed by atoms with Crippen molar-refractivity contribution in [3.8, 4) is 11.5 Å². The van der Waals surface area contributed by atoms with E-state index in [0.29, 0.717) is 17.1 Å². The highest BCUT2D eigenvalue weighted by atomic mass is 79.9. The van der Waals surface area contributed by atoms with Crippen LogP contribution >= 0.6 is 28.3 Å². The van der Waals surface area contributed by atoms with Gasteiger partial charge in [-0.05, 0) is 35.0 Å². The molecule has 0 fully saturated rings. The predicted octanol–water partition coefficient (Wildman–Crippen LogP) is 2.27. The third-order valence-corrected chi connectivity index (χ3v) is 2.94. The summed E-state index contributed by atoms with van der Waals surface area (Å²) in [4.78, 5) is 0. The van der Waals surface area contributed by atoms with Gasteiger partial charge in [0, 0.05) is 11.6 Å². The highest BCUT2D eigenvalue weighted by Crippen LogP contribution is 2.36. The summed E-state index contributed by atoms with van der Waals surface area (Å²) in [6, 6.07) is 3.09. The normalized spacial score (nSPS) is 13.5. The van der Waals surface area contributed by atoms with Crippen LogP contribution in [0, 0.1) is 0 Å². The zero-order chi connectivity index (χ0) is 12.3. The zero-order valence-electron chi connectivity index (χ0n) is 9.94. The first-order valence-corrected chi connectivity index (χ1v) is 5.65. The Labute approximate surface area is 116 Å². The second-order valence-corrected chi connectivity index (χ2v) is 4.39. The van der Waals surface area contributed by atoms with Crippen LogP contribution in [0.3, 0.4) is 0 Å². The molecule has 0 spiro atoms. The van der Waals surface area contributed by atoms with Gasteiger partial charge in [-0.15, -0.1) is 12.4 Å². The number of halogens is 2. The Morgan fingerprint density at radius 1 is 1.24 bits per heavy atom. The lowest BCUT2D eigenvalue weighted by Gasteiger charge is -2.19. The molecule has 0 bridgehead atoms. The molecule has 0 saturated heterocycles. The summed E-state index contributed by atoms with van der Waals surface area (Å²) in [6.07, 6.45) is -0.781. The van der Waals surface area contributed by atoms with Crippen LogP contribution in [-0.2, 0) is 0 Å². The lowest BCUT2D eigenvalue weighted by atomic mass is 10.0. The molecule has 0 aliphatic heterocycles. The quantitative estimate of drug-likeness (QED) is 0.891. The molecule has 0 amide bonds. The summed E-state index contributed by atoms with van der Waals surface area (Å²) in [7, 11) is 3.11. The largest absolute Gasteiger partial charge is 0.496 e. The number of methoxy groups -OCH3 is 2. The van der Waals surface area contributed by atoms with E-state index < -0.39 is 6.10 Å². The fourth-order valence-corrected chi connectivity index (χ4v) is 1.88. The molecule has 1 aromatic rings. The molecule has 0 aliphatic rings. The number of aliphatic hydroxyl groups is 1. The van der Waals surface area contributed by atoms with Crippen LogP contribution in [0.4, 0.5) is 0 Å². The van der Waals surface area contributed by atoms with Gasteiger partial charge >= 0.3 is 0 Å². The smallest absolute Gasteiger partial charge is 0.133 e. The van der Waals surface area contributed by atoms with Gasteiger partial charge in [-0.25, -0.2) is 0 Å². The van der Waals surface area contributed by atoms with Crippen molar-refractivity contribution in [1.29, 1.82) is 0 Å². The van der Waals surface area contributed by atoms with Crippen molar-refractivity contribution in [2.75, 3.05) is 14.2 Å². The van der Waals surface area contributed by atoms with Crippen LogP contribution in [0.25, 0.3) is 0 Å². The van der Waals surface area contributed by atoms with E-state index in [1.807, 2.05) is 0 Å². The number of hydrogen-bond acceptors (Lipinski definition) is 4. The SMILES string of the molecule is COc1cc([C@@H](O)[C@@H](C)N)c(OC)cc1Br.Cl. The van der Waals surface area contributed by atoms with Gasteiger partial charge in [-0.3, -0.25) is 0 Å². The first kappa shape index (κ1) is 16.5. The molecule has 17 heavy (non-hydrogen) atoms. The number of nitrogens with two attached hydrogens (primary N) is 1. The minimum absolute atomic E-state index is 0. The average Bonchev–Trinajstić information content (AvgIpc) is 2.27. The third-order valence-electron chi connectivity index (χ3n) is 2.32. The molecule has 0 saturated carbocycles. The maximum absolute atomic E-state index is 9.94. The fraction of sp³-hybridized carbons (Fsp3) is 0.455. The molecule has 0 aromatic heterocycles. The Balaban J connectivity index is 0.00000256. The Hall–Kier alpha value is -0.490. The number of aliphatic hydroxyl groups excluding tert-OH is 1. The van der Waals surface area contributed by atoms with Crippen LogP contribution in [0.15, 0.2) is 16.6 Å². The molecule has 1 rings (SSSR count). The van der Waals surface area contributed by atoms with Crippen LogP contribution in [0.1, 0.15) is 18.6 Å². The second-order valence-electron chi connectivity index (χ2n) is 3.53. The van der Waals surface area contributed by atoms with Crippen LogP contribution in [0.5, 0.6) is 11.5 Å². The van der Waals surface area contributed by atoms with Crippen molar-refractivity contribution in [3.05, 3.63) is 22.2 Å². The van der Waals surface area contributed by atoms with Crippen molar-refractivity contribution in [1.82, 2.24) is 0 Å². The Morgan fingerprint density at radius 3 is 2.18 bits per heavy atom. The topological polar surface area (TPSA) is 64.7 Å². The van der Waals surface area contributed by atoms with Gasteiger partial charge in [0.05, 0.1) is 24.8 Å². The predicted molar refractivity (Wildman–Crippen MR) is 73.1 cm³/mol. The fourth-order valence-electron chi connectivity index (χ4n) is 1.40. The number of rotatable bonds is 4. The Morgan fingerprint density at radius 2 is 1.76 bits per heavy atom. The first-order valence-electron chi connectivity index (χ1n) is 4.86. The summed E-state index contributed by atoms with van der Waals surface area (Å²) in [6.45, 7) is 1.73. The molecule has 2 atom stereocenters. The van der Waals surface area contributed by atoms with E-state index in [1.165, 1.54) is 0 Å². The Bertz CT molecular complexity index is 374. The number of ether oxygens (including phenoxy) is 2. The molecule has 4 nitrogen and oxygen atoms in total. The summed E-state index contributed by atoms with van der Waals surface area (Å²) >= 11 is 3.35. The summed E-state index contributed by atoms with van der Waals surface area (Å²) in [5.41, 5.74) is 6.29. The van der Waals surface area contributed by atoms with E-state index in [1.54, 1.807) is 33.3 Å². The molecule has 0 aliphatic carbocycles. The minimum Gasteiger partial charge on any atom is -0.496 e. The van der Waals surface area contributed by atoms with Gasteiger partial charge in [0.2, 0.25) is 0 Å². The van der Waals surface area contributed by atoms with Gasteiger partial charge in [-0.2, -0.15) is 0 Å². The van der Waals surface area contributed by atoms with E-state index in [-0.39, 0.29) is 18.4 Å². The molecular formula is C11H17BrClNO3. The highest BCUT2D eigenvalue weighted by molar-refractivity contribution is 9.10. The summed E-state index contributed by atoms with van der Waals surface area (Å²) in [5, 5.41) is 9.94. The van der Waals surface area contributed by atoms with Crippen LogP contribution in [-0.4, -0.2) is 25.4 Å². The van der Waals surface area contributed by atoms with Gasteiger partial charge in [0.15, 0.2) is 0 Å². The van der Waals surface area contributed by atoms with E-state index >= 15 is 0 Å². The second kappa shape index (κ2) is 7.06. The molecular weight excluding hydrogens is 309 g/mol. The van der Waals surface area contributed by atoms with E-state index in [2.05, 4.69) is 15.9 Å². The maximum atomic E-state index is 9.94. The number of benzene rings is 1. The first-order chi connectivity index (χ1) is 7.51. The van der Waals surface area contributed by atoms with Crippen molar-refractivity contribution in [3.63, 3.8) is 0 Å². The van der Waals surface area contributed by atoms with Crippen molar-refractivity contribution in [2.24, 2.45) is 5.73 Å². The number of hydrogen-bond donors (Lipinski definition) is 2. The average molecular weight is 327 g/mol. The maximum Gasteiger partial charge on any atom is 0.133 e. The van der Waals surface area contributed by atoms with Gasteiger partial charge in [-0.1, -0.05) is 0 Å². The van der Waals surface area contributed by atoms with Gasteiger partial charge in [0.1, 0.15) is 11.5 Å². The van der Waals surface area contributed by atoms with Crippen LogP contribution < -0.4 is 15.2 Å². The molecule has 98 valence electrons. The lowest BCUT2D eigenvalue weighted by molar-refractivity contribution is 0.149. The molecule has 6 heteroatoms. The minimum atomic E-state index is -0.781. The van der Waals surface area contributed by atoms with E-state index in [0.717, 1.165) is 4.47 Å². The molecule has 0 heterocycles. The highest BCUT2D eigenvalue weighted by Gasteiger charge is 2.19. The third kappa shape index (κ3) is 3.74. The van der Waals surface area contributed by atoms with Crippen LogP contribution in [0.2, 0.25) is 0 Å². The standard InChI is InChI=1S/C11H16BrNO3.ClH/c1-6(13)11(14)7-4-10(16-3)8(12)5-9(7)15-2;/h4-6,11,14H,13H2,1-3H3;1H/t6-,11+;/m1./s1. The molecule has 3 N–H and O–H groups in total. The van der Waals surface area contributed by atoms with Gasteiger partial charge in [0.25, 0.3) is 0 Å². The monoisotopic (exact) mass is 325 g/mol. The zero-order valence-corrected chi connectivity index (χ0v) is 12.3.